The second kappa shape index (κ2) is 7.78. The van der Waals surface area contributed by atoms with Gasteiger partial charge in [0, 0.05) is 19.2 Å². The van der Waals surface area contributed by atoms with Crippen LogP contribution in [0.25, 0.3) is 0 Å². The van der Waals surface area contributed by atoms with Gasteiger partial charge in [0.1, 0.15) is 11.6 Å². The molecule has 1 heterocycles. The Morgan fingerprint density at radius 1 is 1.07 bits per heavy atom. The molecule has 7 heteroatoms. The minimum Gasteiger partial charge on any atom is -0.423 e. The van der Waals surface area contributed by atoms with Crippen LogP contribution in [0.4, 0.5) is 4.39 Å². The molecular formula is C20H22FNO4S. The summed E-state index contributed by atoms with van der Waals surface area (Å²) in [6.07, 6.45) is 0.992. The number of sulfonamides is 1. The van der Waals surface area contributed by atoms with E-state index in [1.165, 1.54) is 46.8 Å². The van der Waals surface area contributed by atoms with Crippen LogP contribution in [0.1, 0.15) is 30.6 Å². The van der Waals surface area contributed by atoms with Gasteiger partial charge in [0.05, 0.1) is 10.5 Å². The Morgan fingerprint density at radius 2 is 1.74 bits per heavy atom. The summed E-state index contributed by atoms with van der Waals surface area (Å²) >= 11 is 0. The molecule has 3 rings (SSSR count). The molecule has 2 atom stereocenters. The monoisotopic (exact) mass is 391 g/mol. The highest BCUT2D eigenvalue weighted by Gasteiger charge is 2.32. The van der Waals surface area contributed by atoms with Crippen molar-refractivity contribution in [1.29, 1.82) is 0 Å². The Labute approximate surface area is 158 Å². The summed E-state index contributed by atoms with van der Waals surface area (Å²) < 4.78 is 45.8. The van der Waals surface area contributed by atoms with Crippen LogP contribution in [0.3, 0.4) is 0 Å². The minimum atomic E-state index is -3.70. The van der Waals surface area contributed by atoms with Crippen molar-refractivity contribution in [1.82, 2.24) is 4.31 Å². The van der Waals surface area contributed by atoms with Crippen molar-refractivity contribution in [2.24, 2.45) is 11.8 Å². The first-order chi connectivity index (χ1) is 12.8. The number of carbonyl (C=O) groups excluding carboxylic acids is 1. The van der Waals surface area contributed by atoms with Gasteiger partial charge in [-0.1, -0.05) is 26.0 Å². The van der Waals surface area contributed by atoms with E-state index in [0.29, 0.717) is 13.1 Å². The number of benzene rings is 2. The predicted octanol–water partition coefficient (Wildman–Crippen LogP) is 3.71. The van der Waals surface area contributed by atoms with Crippen molar-refractivity contribution >= 4 is 16.0 Å². The maximum absolute atomic E-state index is 13.2. The molecule has 2 unspecified atom stereocenters. The largest absolute Gasteiger partial charge is 0.423 e. The molecular weight excluding hydrogens is 369 g/mol. The fourth-order valence-electron chi connectivity index (χ4n) is 3.43. The van der Waals surface area contributed by atoms with Crippen LogP contribution in [0.15, 0.2) is 53.4 Å². The summed E-state index contributed by atoms with van der Waals surface area (Å²) in [6, 6.07) is 11.0. The molecule has 1 aliphatic heterocycles. The lowest BCUT2D eigenvalue weighted by atomic mass is 9.94. The number of piperidine rings is 1. The van der Waals surface area contributed by atoms with Crippen molar-refractivity contribution in [3.8, 4) is 5.75 Å². The lowest BCUT2D eigenvalue weighted by Crippen LogP contribution is -2.42. The molecule has 144 valence electrons. The highest BCUT2D eigenvalue weighted by Crippen LogP contribution is 2.27. The summed E-state index contributed by atoms with van der Waals surface area (Å²) in [6.45, 7) is 4.99. The highest BCUT2D eigenvalue weighted by atomic mass is 32.2. The number of halogens is 1. The molecule has 0 bridgehead atoms. The van der Waals surface area contributed by atoms with E-state index in [9.17, 15) is 17.6 Å². The molecule has 0 aliphatic carbocycles. The zero-order valence-corrected chi connectivity index (χ0v) is 16.1. The second-order valence-corrected chi connectivity index (χ2v) is 9.08. The lowest BCUT2D eigenvalue weighted by molar-refractivity contribution is 0.0734. The molecule has 0 saturated carbocycles. The van der Waals surface area contributed by atoms with Gasteiger partial charge in [-0.25, -0.2) is 17.6 Å². The van der Waals surface area contributed by atoms with Gasteiger partial charge >= 0.3 is 5.97 Å². The van der Waals surface area contributed by atoms with E-state index >= 15 is 0 Å². The lowest BCUT2D eigenvalue weighted by Gasteiger charge is -2.34. The number of ether oxygens (including phenoxy) is 1. The summed E-state index contributed by atoms with van der Waals surface area (Å²) in [5, 5.41) is 0. The van der Waals surface area contributed by atoms with Gasteiger partial charge in [0.25, 0.3) is 0 Å². The molecule has 0 spiro atoms. The van der Waals surface area contributed by atoms with E-state index in [2.05, 4.69) is 0 Å². The van der Waals surface area contributed by atoms with Crippen LogP contribution in [-0.4, -0.2) is 31.8 Å². The molecule has 5 nitrogen and oxygen atoms in total. The Morgan fingerprint density at radius 3 is 2.41 bits per heavy atom. The molecule has 1 aliphatic rings. The van der Waals surface area contributed by atoms with E-state index in [4.69, 9.17) is 4.74 Å². The van der Waals surface area contributed by atoms with Crippen LogP contribution >= 0.6 is 0 Å². The maximum Gasteiger partial charge on any atom is 0.343 e. The first-order valence-corrected chi connectivity index (χ1v) is 10.3. The average molecular weight is 391 g/mol. The molecule has 27 heavy (non-hydrogen) atoms. The van der Waals surface area contributed by atoms with Crippen LogP contribution in [0, 0.1) is 17.7 Å². The number of carbonyl (C=O) groups is 1. The van der Waals surface area contributed by atoms with Gasteiger partial charge < -0.3 is 4.74 Å². The summed E-state index contributed by atoms with van der Waals surface area (Å²) in [5.41, 5.74) is 0.0958. The summed E-state index contributed by atoms with van der Waals surface area (Å²) in [7, 11) is -3.70. The zero-order chi connectivity index (χ0) is 19.6. The molecule has 1 saturated heterocycles. The first kappa shape index (κ1) is 19.5. The normalized spacial score (nSPS) is 21.0. The summed E-state index contributed by atoms with van der Waals surface area (Å²) in [5.74, 6) is -0.635. The van der Waals surface area contributed by atoms with Crippen molar-refractivity contribution in [2.45, 2.75) is 25.2 Å². The quantitative estimate of drug-likeness (QED) is 0.589. The van der Waals surface area contributed by atoms with Gasteiger partial charge in [-0.2, -0.15) is 4.31 Å². The number of esters is 1. The van der Waals surface area contributed by atoms with Gasteiger partial charge in [0.15, 0.2) is 0 Å². The smallest absolute Gasteiger partial charge is 0.343 e. The average Bonchev–Trinajstić information content (AvgIpc) is 2.61. The van der Waals surface area contributed by atoms with E-state index in [1.807, 2.05) is 13.8 Å². The SMILES string of the molecule is CC1CC(C)CN(S(=O)(=O)c2cccc(C(=O)Oc3cccc(F)c3)c2)C1. The topological polar surface area (TPSA) is 63.7 Å². The number of rotatable bonds is 4. The van der Waals surface area contributed by atoms with Crippen LogP contribution in [0.2, 0.25) is 0 Å². The minimum absolute atomic E-state index is 0.0532. The van der Waals surface area contributed by atoms with Crippen LogP contribution in [0.5, 0.6) is 5.75 Å². The molecule has 2 aromatic carbocycles. The van der Waals surface area contributed by atoms with Crippen molar-refractivity contribution in [3.05, 3.63) is 59.9 Å². The molecule has 0 N–H and O–H groups in total. The third kappa shape index (κ3) is 4.54. The zero-order valence-electron chi connectivity index (χ0n) is 15.3. The number of nitrogens with zero attached hydrogens (tertiary/aromatic N) is 1. The predicted molar refractivity (Wildman–Crippen MR) is 99.5 cm³/mol. The number of hydrogen-bond donors (Lipinski definition) is 0. The second-order valence-electron chi connectivity index (χ2n) is 7.14. The Hall–Kier alpha value is -2.25. The first-order valence-electron chi connectivity index (χ1n) is 8.83. The van der Waals surface area contributed by atoms with Gasteiger partial charge in [0.2, 0.25) is 10.0 Å². The summed E-state index contributed by atoms with van der Waals surface area (Å²) in [4.78, 5) is 12.4. The fraction of sp³-hybridized carbons (Fsp3) is 0.350. The molecule has 1 fully saturated rings. The van der Waals surface area contributed by atoms with Crippen LogP contribution < -0.4 is 4.74 Å². The van der Waals surface area contributed by atoms with Gasteiger partial charge in [-0.3, -0.25) is 0 Å². The van der Waals surface area contributed by atoms with Crippen LogP contribution in [-0.2, 0) is 10.0 Å². The standard InChI is InChI=1S/C20H22FNO4S/c1-14-9-15(2)13-22(12-14)27(24,25)19-8-3-5-16(10-19)20(23)26-18-7-4-6-17(21)11-18/h3-8,10-11,14-15H,9,12-13H2,1-2H3. The molecule has 0 aromatic heterocycles. The molecule has 2 aromatic rings. The highest BCUT2D eigenvalue weighted by molar-refractivity contribution is 7.89. The van der Waals surface area contributed by atoms with E-state index in [1.54, 1.807) is 0 Å². The third-order valence-electron chi connectivity index (χ3n) is 4.55. The van der Waals surface area contributed by atoms with Crippen molar-refractivity contribution < 1.29 is 22.3 Å². The van der Waals surface area contributed by atoms with Gasteiger partial charge in [-0.15, -0.1) is 0 Å². The third-order valence-corrected chi connectivity index (χ3v) is 6.38. The Kier molecular flexibility index (Phi) is 5.62. The van der Waals surface area contributed by atoms with Gasteiger partial charge in [-0.05, 0) is 48.6 Å². The molecule has 0 amide bonds. The Balaban J connectivity index is 1.83. The Bertz CT molecular complexity index is 935. The van der Waals surface area contributed by atoms with E-state index < -0.39 is 21.8 Å². The van der Waals surface area contributed by atoms with Crippen molar-refractivity contribution in [2.75, 3.05) is 13.1 Å². The number of hydrogen-bond acceptors (Lipinski definition) is 4. The fourth-order valence-corrected chi connectivity index (χ4v) is 5.16. The van der Waals surface area contributed by atoms with E-state index in [0.717, 1.165) is 12.5 Å². The van der Waals surface area contributed by atoms with Crippen molar-refractivity contribution in [3.63, 3.8) is 0 Å². The maximum atomic E-state index is 13.2. The van der Waals surface area contributed by atoms with E-state index in [-0.39, 0.29) is 28.0 Å². The molecule has 0 radical (unpaired) electrons.